The van der Waals surface area contributed by atoms with Crippen molar-refractivity contribution in [3.8, 4) is 0 Å². The fraction of sp³-hybridized carbons (Fsp3) is 0.875. The Hall–Kier alpha value is -0.570. The second-order valence-electron chi connectivity index (χ2n) is 3.52. The van der Waals surface area contributed by atoms with Gasteiger partial charge in [0.25, 0.3) is 0 Å². The first-order valence-electron chi connectivity index (χ1n) is 3.92. The second kappa shape index (κ2) is 2.81. The molecule has 0 unspecified atom stereocenters. The molecule has 1 rings (SSSR count). The molecule has 3 nitrogen and oxygen atoms in total. The monoisotopic (exact) mass is 158 g/mol. The van der Waals surface area contributed by atoms with Gasteiger partial charge in [-0.15, -0.1) is 0 Å². The van der Waals surface area contributed by atoms with E-state index >= 15 is 0 Å². The van der Waals surface area contributed by atoms with Crippen LogP contribution in [0.5, 0.6) is 0 Å². The van der Waals surface area contributed by atoms with Crippen LogP contribution in [0.3, 0.4) is 0 Å². The lowest BCUT2D eigenvalue weighted by Crippen LogP contribution is -2.41. The van der Waals surface area contributed by atoms with Gasteiger partial charge >= 0.3 is 5.97 Å². The SMILES string of the molecule is CC(C)(O)[C@@H]1CCCC(=O)O1. The van der Waals surface area contributed by atoms with Crippen molar-refractivity contribution >= 4 is 5.97 Å². The zero-order valence-corrected chi connectivity index (χ0v) is 6.96. The van der Waals surface area contributed by atoms with Gasteiger partial charge < -0.3 is 9.84 Å². The van der Waals surface area contributed by atoms with Crippen LogP contribution in [0.25, 0.3) is 0 Å². The van der Waals surface area contributed by atoms with E-state index in [1.54, 1.807) is 13.8 Å². The second-order valence-corrected chi connectivity index (χ2v) is 3.52. The Morgan fingerprint density at radius 1 is 1.64 bits per heavy atom. The molecule has 11 heavy (non-hydrogen) atoms. The molecular formula is C8H14O3. The lowest BCUT2D eigenvalue weighted by Gasteiger charge is -2.31. The molecular weight excluding hydrogens is 144 g/mol. The minimum absolute atomic E-state index is 0.191. The van der Waals surface area contributed by atoms with Gasteiger partial charge in [-0.3, -0.25) is 4.79 Å². The van der Waals surface area contributed by atoms with Crippen LogP contribution in [-0.4, -0.2) is 22.8 Å². The summed E-state index contributed by atoms with van der Waals surface area (Å²) in [6.07, 6.45) is 1.78. The summed E-state index contributed by atoms with van der Waals surface area (Å²) in [6.45, 7) is 3.33. The van der Waals surface area contributed by atoms with Crippen molar-refractivity contribution in [3.05, 3.63) is 0 Å². The first-order valence-corrected chi connectivity index (χ1v) is 3.92. The predicted molar refractivity (Wildman–Crippen MR) is 40.0 cm³/mol. The average molecular weight is 158 g/mol. The molecule has 1 fully saturated rings. The van der Waals surface area contributed by atoms with Crippen LogP contribution in [0.1, 0.15) is 33.1 Å². The van der Waals surface area contributed by atoms with E-state index in [2.05, 4.69) is 0 Å². The third-order valence-corrected chi connectivity index (χ3v) is 1.91. The zero-order valence-electron chi connectivity index (χ0n) is 6.96. The first-order chi connectivity index (χ1) is 5.00. The summed E-state index contributed by atoms with van der Waals surface area (Å²) in [5.74, 6) is -0.191. The topological polar surface area (TPSA) is 46.5 Å². The van der Waals surface area contributed by atoms with E-state index in [1.165, 1.54) is 0 Å². The number of aliphatic hydroxyl groups is 1. The van der Waals surface area contributed by atoms with Crippen LogP contribution in [0.15, 0.2) is 0 Å². The van der Waals surface area contributed by atoms with Gasteiger partial charge in [-0.05, 0) is 26.7 Å². The minimum atomic E-state index is -0.893. The summed E-state index contributed by atoms with van der Waals surface area (Å²) in [5, 5.41) is 9.48. The van der Waals surface area contributed by atoms with Gasteiger partial charge in [-0.1, -0.05) is 0 Å². The Bertz CT molecular complexity index is 157. The Balaban J connectivity index is 2.53. The first kappa shape index (κ1) is 8.53. The van der Waals surface area contributed by atoms with E-state index in [0.29, 0.717) is 6.42 Å². The molecule has 0 saturated carbocycles. The molecule has 3 heteroatoms. The number of hydrogen-bond donors (Lipinski definition) is 1. The van der Waals surface area contributed by atoms with Crippen molar-refractivity contribution in [3.63, 3.8) is 0 Å². The van der Waals surface area contributed by atoms with E-state index in [0.717, 1.165) is 12.8 Å². The Morgan fingerprint density at radius 2 is 2.27 bits per heavy atom. The quantitative estimate of drug-likeness (QED) is 0.575. The molecule has 1 heterocycles. The number of carbonyl (C=O) groups is 1. The summed E-state index contributed by atoms with van der Waals surface area (Å²) in [7, 11) is 0. The summed E-state index contributed by atoms with van der Waals surface area (Å²) < 4.78 is 4.96. The summed E-state index contributed by atoms with van der Waals surface area (Å²) in [4.78, 5) is 10.8. The highest BCUT2D eigenvalue weighted by molar-refractivity contribution is 5.70. The van der Waals surface area contributed by atoms with Gasteiger partial charge in [0.2, 0.25) is 0 Å². The lowest BCUT2D eigenvalue weighted by atomic mass is 9.95. The summed E-state index contributed by atoms with van der Waals surface area (Å²) in [5.41, 5.74) is -0.893. The molecule has 0 aliphatic carbocycles. The van der Waals surface area contributed by atoms with Gasteiger partial charge in [-0.2, -0.15) is 0 Å². The molecule has 0 amide bonds. The predicted octanol–water partition coefficient (Wildman–Crippen LogP) is 0.853. The molecule has 1 N–H and O–H groups in total. The van der Waals surface area contributed by atoms with Gasteiger partial charge in [0.05, 0.1) is 5.60 Å². The number of carbonyl (C=O) groups excluding carboxylic acids is 1. The lowest BCUT2D eigenvalue weighted by molar-refractivity contribution is -0.168. The van der Waals surface area contributed by atoms with Crippen molar-refractivity contribution in [1.29, 1.82) is 0 Å². The molecule has 1 saturated heterocycles. The molecule has 0 aromatic carbocycles. The molecule has 0 bridgehead atoms. The maximum absolute atomic E-state index is 10.8. The van der Waals surface area contributed by atoms with Crippen molar-refractivity contribution in [1.82, 2.24) is 0 Å². The maximum atomic E-state index is 10.8. The van der Waals surface area contributed by atoms with Gasteiger partial charge in [0, 0.05) is 6.42 Å². The largest absolute Gasteiger partial charge is 0.459 e. The number of esters is 1. The van der Waals surface area contributed by atoms with Crippen LogP contribution in [0.2, 0.25) is 0 Å². The van der Waals surface area contributed by atoms with Crippen LogP contribution >= 0.6 is 0 Å². The molecule has 0 aromatic heterocycles. The molecule has 0 aromatic rings. The molecule has 1 atom stereocenters. The maximum Gasteiger partial charge on any atom is 0.306 e. The third-order valence-electron chi connectivity index (χ3n) is 1.91. The van der Waals surface area contributed by atoms with Crippen LogP contribution in [0.4, 0.5) is 0 Å². The fourth-order valence-corrected chi connectivity index (χ4v) is 1.21. The average Bonchev–Trinajstić information content (AvgIpc) is 1.86. The highest BCUT2D eigenvalue weighted by Gasteiger charge is 2.32. The van der Waals surface area contributed by atoms with Crippen LogP contribution in [0, 0.1) is 0 Å². The van der Waals surface area contributed by atoms with Gasteiger partial charge in [-0.25, -0.2) is 0 Å². The standard InChI is InChI=1S/C8H14O3/c1-8(2,10)6-4-3-5-7(9)11-6/h6,10H,3-5H2,1-2H3/t6-/m0/s1. The van der Waals surface area contributed by atoms with Gasteiger partial charge in [0.1, 0.15) is 6.10 Å². The normalized spacial score (nSPS) is 26.5. The zero-order chi connectivity index (χ0) is 8.48. The molecule has 64 valence electrons. The van der Waals surface area contributed by atoms with Crippen molar-refractivity contribution in [2.75, 3.05) is 0 Å². The Morgan fingerprint density at radius 3 is 2.64 bits per heavy atom. The number of ether oxygens (including phenoxy) is 1. The Kier molecular flexibility index (Phi) is 2.18. The van der Waals surface area contributed by atoms with Crippen LogP contribution in [-0.2, 0) is 9.53 Å². The minimum Gasteiger partial charge on any atom is -0.459 e. The molecule has 1 aliphatic rings. The summed E-state index contributed by atoms with van der Waals surface area (Å²) >= 11 is 0. The van der Waals surface area contributed by atoms with E-state index < -0.39 is 5.60 Å². The fourth-order valence-electron chi connectivity index (χ4n) is 1.21. The molecule has 0 radical (unpaired) electrons. The number of rotatable bonds is 1. The van der Waals surface area contributed by atoms with Gasteiger partial charge in [0.15, 0.2) is 0 Å². The third kappa shape index (κ3) is 2.19. The highest BCUT2D eigenvalue weighted by Crippen LogP contribution is 2.23. The van der Waals surface area contributed by atoms with E-state index in [4.69, 9.17) is 4.74 Å². The van der Waals surface area contributed by atoms with Crippen molar-refractivity contribution in [2.24, 2.45) is 0 Å². The number of hydrogen-bond acceptors (Lipinski definition) is 3. The summed E-state index contributed by atoms with van der Waals surface area (Å²) in [6, 6.07) is 0. The molecule has 1 aliphatic heterocycles. The highest BCUT2D eigenvalue weighted by atomic mass is 16.6. The van der Waals surface area contributed by atoms with E-state index in [1.807, 2.05) is 0 Å². The van der Waals surface area contributed by atoms with Crippen molar-refractivity contribution < 1.29 is 14.6 Å². The van der Waals surface area contributed by atoms with Crippen LogP contribution < -0.4 is 0 Å². The van der Waals surface area contributed by atoms with E-state index in [9.17, 15) is 9.90 Å². The van der Waals surface area contributed by atoms with E-state index in [-0.39, 0.29) is 12.1 Å². The number of cyclic esters (lactones) is 1. The van der Waals surface area contributed by atoms with Crippen molar-refractivity contribution in [2.45, 2.75) is 44.8 Å². The smallest absolute Gasteiger partial charge is 0.306 e. The molecule has 0 spiro atoms. The Labute approximate surface area is 66.4 Å².